The van der Waals surface area contributed by atoms with Crippen LogP contribution in [0, 0.1) is 5.92 Å². The van der Waals surface area contributed by atoms with Gasteiger partial charge in [0.15, 0.2) is 0 Å². The van der Waals surface area contributed by atoms with Crippen molar-refractivity contribution in [2.75, 3.05) is 18.4 Å². The molecule has 0 aromatic carbocycles. The molecule has 1 N–H and O–H groups in total. The zero-order chi connectivity index (χ0) is 14.8. The van der Waals surface area contributed by atoms with E-state index in [2.05, 4.69) is 42.2 Å². The van der Waals surface area contributed by atoms with Gasteiger partial charge < -0.3 is 5.32 Å². The Kier molecular flexibility index (Phi) is 4.43. The highest BCUT2D eigenvalue weighted by Crippen LogP contribution is 2.35. The maximum absolute atomic E-state index is 4.77. The first-order valence-electron chi connectivity index (χ1n) is 8.53. The fourth-order valence-corrected chi connectivity index (χ4v) is 3.91. The fraction of sp³-hybridized carbons (Fsp3) is 0.765. The molecule has 1 saturated heterocycles. The Morgan fingerprint density at radius 1 is 1.38 bits per heavy atom. The Balaban J connectivity index is 1.79. The molecule has 3 rings (SSSR count). The lowest BCUT2D eigenvalue weighted by atomic mass is 9.77. The van der Waals surface area contributed by atoms with Crippen molar-refractivity contribution in [3.63, 3.8) is 0 Å². The minimum Gasteiger partial charge on any atom is -0.354 e. The van der Waals surface area contributed by atoms with Gasteiger partial charge in [0.1, 0.15) is 0 Å². The normalized spacial score (nSPS) is 25.5. The molecule has 0 unspecified atom stereocenters. The van der Waals surface area contributed by atoms with Crippen LogP contribution in [0.1, 0.15) is 51.3 Å². The summed E-state index contributed by atoms with van der Waals surface area (Å²) in [5.74, 6) is 1.59. The summed E-state index contributed by atoms with van der Waals surface area (Å²) in [6.45, 7) is 9.02. The van der Waals surface area contributed by atoms with Crippen molar-refractivity contribution in [2.24, 2.45) is 5.92 Å². The average molecular weight is 288 g/mol. The van der Waals surface area contributed by atoms with Crippen LogP contribution in [0.15, 0.2) is 6.20 Å². The summed E-state index contributed by atoms with van der Waals surface area (Å²) in [6.07, 6.45) is 8.12. The number of nitrogens with zero attached hydrogens (tertiary/aromatic N) is 3. The number of likely N-dealkylation sites (tertiary alicyclic amines) is 1. The Morgan fingerprint density at radius 3 is 3.00 bits per heavy atom. The topological polar surface area (TPSA) is 41.1 Å². The monoisotopic (exact) mass is 288 g/mol. The second-order valence-electron chi connectivity index (χ2n) is 6.80. The zero-order valence-electron chi connectivity index (χ0n) is 13.6. The van der Waals surface area contributed by atoms with Gasteiger partial charge in [0.25, 0.3) is 0 Å². The quantitative estimate of drug-likeness (QED) is 0.925. The number of aromatic nitrogens is 2. The van der Waals surface area contributed by atoms with Crippen LogP contribution in [0.5, 0.6) is 0 Å². The van der Waals surface area contributed by atoms with Gasteiger partial charge in [-0.2, -0.15) is 0 Å². The zero-order valence-corrected chi connectivity index (χ0v) is 13.6. The molecule has 1 aromatic rings. The number of anilines is 1. The van der Waals surface area contributed by atoms with Crippen LogP contribution in [0.2, 0.25) is 0 Å². The molecule has 0 bridgehead atoms. The highest BCUT2D eigenvalue weighted by Gasteiger charge is 2.37. The van der Waals surface area contributed by atoms with Crippen LogP contribution < -0.4 is 5.32 Å². The highest BCUT2D eigenvalue weighted by atomic mass is 15.2. The van der Waals surface area contributed by atoms with Crippen LogP contribution in [0.4, 0.5) is 5.95 Å². The molecule has 21 heavy (non-hydrogen) atoms. The van der Waals surface area contributed by atoms with Gasteiger partial charge in [0.05, 0.1) is 0 Å². The smallest absolute Gasteiger partial charge is 0.222 e. The lowest BCUT2D eigenvalue weighted by molar-refractivity contribution is 0.0572. The van der Waals surface area contributed by atoms with E-state index in [-0.39, 0.29) is 0 Å². The van der Waals surface area contributed by atoms with E-state index in [9.17, 15) is 0 Å². The number of hydrogen-bond acceptors (Lipinski definition) is 4. The van der Waals surface area contributed by atoms with Gasteiger partial charge >= 0.3 is 0 Å². The number of fused-ring (bicyclic) bond motifs is 2. The third kappa shape index (κ3) is 3.05. The first-order valence-corrected chi connectivity index (χ1v) is 8.53. The Labute approximate surface area is 128 Å². The maximum atomic E-state index is 4.77. The van der Waals surface area contributed by atoms with Crippen molar-refractivity contribution in [3.05, 3.63) is 17.5 Å². The summed E-state index contributed by atoms with van der Waals surface area (Å²) >= 11 is 0. The van der Waals surface area contributed by atoms with Crippen molar-refractivity contribution in [2.45, 2.75) is 65.0 Å². The first-order chi connectivity index (χ1) is 10.2. The van der Waals surface area contributed by atoms with Gasteiger partial charge in [-0.25, -0.2) is 9.97 Å². The van der Waals surface area contributed by atoms with Crippen LogP contribution >= 0.6 is 0 Å². The maximum Gasteiger partial charge on any atom is 0.222 e. The second-order valence-corrected chi connectivity index (χ2v) is 6.80. The highest BCUT2D eigenvalue weighted by molar-refractivity contribution is 5.32. The summed E-state index contributed by atoms with van der Waals surface area (Å²) in [6, 6.07) is 1.34. The molecule has 1 aliphatic carbocycles. The summed E-state index contributed by atoms with van der Waals surface area (Å²) in [4.78, 5) is 12.0. The predicted molar refractivity (Wildman–Crippen MR) is 86.6 cm³/mol. The van der Waals surface area contributed by atoms with Gasteiger partial charge in [-0.3, -0.25) is 4.90 Å². The molecule has 2 aliphatic rings. The largest absolute Gasteiger partial charge is 0.354 e. The van der Waals surface area contributed by atoms with Gasteiger partial charge in [-0.15, -0.1) is 0 Å². The summed E-state index contributed by atoms with van der Waals surface area (Å²) in [7, 11) is 0. The average Bonchev–Trinajstić information content (AvgIpc) is 2.49. The number of rotatable bonds is 4. The number of hydrogen-bond donors (Lipinski definition) is 1. The van der Waals surface area contributed by atoms with E-state index in [4.69, 9.17) is 4.98 Å². The molecule has 2 atom stereocenters. The Morgan fingerprint density at radius 2 is 2.24 bits per heavy atom. The van der Waals surface area contributed by atoms with Gasteiger partial charge in [0.2, 0.25) is 5.95 Å². The van der Waals surface area contributed by atoms with E-state index in [0.29, 0.717) is 12.1 Å². The van der Waals surface area contributed by atoms with Crippen LogP contribution in [-0.2, 0) is 12.8 Å². The van der Waals surface area contributed by atoms with E-state index in [1.807, 2.05) is 0 Å². The van der Waals surface area contributed by atoms with E-state index >= 15 is 0 Å². The second kappa shape index (κ2) is 6.30. The Hall–Kier alpha value is -1.16. The minimum absolute atomic E-state index is 0.644. The molecule has 0 saturated carbocycles. The molecule has 0 spiro atoms. The summed E-state index contributed by atoms with van der Waals surface area (Å²) < 4.78 is 0. The first kappa shape index (κ1) is 14.8. The molecule has 0 amide bonds. The van der Waals surface area contributed by atoms with Gasteiger partial charge in [0, 0.05) is 30.5 Å². The van der Waals surface area contributed by atoms with Gasteiger partial charge in [-0.05, 0) is 64.0 Å². The van der Waals surface area contributed by atoms with E-state index in [1.165, 1.54) is 30.6 Å². The molecular weight excluding hydrogens is 260 g/mol. The van der Waals surface area contributed by atoms with E-state index in [1.54, 1.807) is 0 Å². The van der Waals surface area contributed by atoms with Crippen LogP contribution in [0.3, 0.4) is 0 Å². The SMILES string of the molecule is CCCNc1ncc2c(n1)C[C@@H]1CCCN(C(C)C)[C@H]1C2. The van der Waals surface area contributed by atoms with Crippen molar-refractivity contribution in [3.8, 4) is 0 Å². The standard InChI is InChI=1S/C17H28N4/c1-4-7-18-17-19-11-14-10-16-13(9-15(14)20-17)6-5-8-21(16)12(2)3/h11-13,16H,4-10H2,1-3H3,(H,18,19,20)/t13-,16-/m0/s1. The molecule has 2 heterocycles. The lowest BCUT2D eigenvalue weighted by Gasteiger charge is -2.46. The third-order valence-corrected chi connectivity index (χ3v) is 5.00. The number of piperidine rings is 1. The van der Waals surface area contributed by atoms with Crippen molar-refractivity contribution < 1.29 is 0 Å². The molecular formula is C17H28N4. The fourth-order valence-electron chi connectivity index (χ4n) is 3.91. The molecule has 4 nitrogen and oxygen atoms in total. The minimum atomic E-state index is 0.644. The molecule has 116 valence electrons. The third-order valence-electron chi connectivity index (χ3n) is 5.00. The van der Waals surface area contributed by atoms with Crippen molar-refractivity contribution in [1.82, 2.24) is 14.9 Å². The molecule has 4 heteroatoms. The predicted octanol–water partition coefficient (Wildman–Crippen LogP) is 2.89. The van der Waals surface area contributed by atoms with E-state index < -0.39 is 0 Å². The van der Waals surface area contributed by atoms with Crippen molar-refractivity contribution >= 4 is 5.95 Å². The molecule has 1 aliphatic heterocycles. The summed E-state index contributed by atoms with van der Waals surface area (Å²) in [5.41, 5.74) is 2.65. The number of nitrogens with one attached hydrogen (secondary N) is 1. The molecule has 0 radical (unpaired) electrons. The molecule has 1 aromatic heterocycles. The van der Waals surface area contributed by atoms with Gasteiger partial charge in [-0.1, -0.05) is 6.92 Å². The molecule has 1 fully saturated rings. The van der Waals surface area contributed by atoms with Crippen LogP contribution in [-0.4, -0.2) is 40.0 Å². The Bertz CT molecular complexity index is 486. The van der Waals surface area contributed by atoms with E-state index in [0.717, 1.165) is 37.7 Å². The lowest BCUT2D eigenvalue weighted by Crippen LogP contribution is -2.52. The van der Waals surface area contributed by atoms with Crippen molar-refractivity contribution in [1.29, 1.82) is 0 Å². The summed E-state index contributed by atoms with van der Waals surface area (Å²) in [5, 5.41) is 3.31. The van der Waals surface area contributed by atoms with Crippen LogP contribution in [0.25, 0.3) is 0 Å².